The quantitative estimate of drug-likeness (QED) is 0.0252. The molecule has 48 heteroatoms. The van der Waals surface area contributed by atoms with E-state index in [1.54, 1.807) is 48.8 Å². The van der Waals surface area contributed by atoms with E-state index in [2.05, 4.69) is 84.1 Å². The van der Waals surface area contributed by atoms with Crippen LogP contribution in [-0.2, 0) is 112 Å². The number of Topliss-reactive ketones (excluding diaryl/α,β-unsaturated/α-hetero) is 1. The van der Waals surface area contributed by atoms with Gasteiger partial charge in [0, 0.05) is 145 Å². The van der Waals surface area contributed by atoms with Crippen LogP contribution in [0.2, 0.25) is 0 Å². The van der Waals surface area contributed by atoms with Gasteiger partial charge in [-0.1, -0.05) is 107 Å². The molecule has 5 aliphatic heterocycles. The Labute approximate surface area is 860 Å². The molecule has 7 rings (SSSR count). The van der Waals surface area contributed by atoms with E-state index in [0.29, 0.717) is 53.7 Å². The standard InChI is InChI=1S/C100H152N22O26/c1-64(123)111-72-34-17-15-30-68(124)41-42-76(116-95(142)77(56-65-59-109-70-32-18-16-31-69(65)70)117-92(139)73(36-25-48-108-100(102)103)112-83(126)60-110-90(137)78(118-91(72)138)57-66-28-23-46-104-66)98(145)122-52-27-38-81(122)99(146)121-51-26-37-80(121)97(144)119-79(58-67-29-24-47-105-67)96(143)115-75(43-44-86(130)131)94(141)114-74(35-20-22-50-120(61-87(132)133)62-88(134)135)93(140)113-71(89(101)136)33-19-21-45-106-84(127)63-148-55-54-147-53-49-107-82(125)39-13-11-9-7-5-3-2-4-6-8-10-12-14-40-85(128)129/h16,18,28-29,31-32,46-47,59,71-81,109H,2-15,17,19-27,30,33-45,48-58,60-63H2,1H3,(H2,101,136)(H,106,127)(H,107,125)(H,110,137)(H,111,123)(H,112,126)(H,113,140)(H,114,141)(H,115,143)(H,116,142)(H,117,139)(H,118,138)(H,119,144)(H,128,129)(H,130,131)(H,132,133)(H,134,135)(H4,102,103,108)/t71-,72-,73-,74-,75-,76-,77-,78-,79-,80-,81-/m0/s1. The Hall–Kier alpha value is -13.7. The highest BCUT2D eigenvalue weighted by molar-refractivity contribution is 6.01. The molecule has 0 bridgehead atoms. The fourth-order valence-electron chi connectivity index (χ4n) is 18.1. The number of guanidine groups is 1. The number of hydrogen-bond donors (Lipinski definition) is 21. The number of carboxylic acid groups (broad SMARTS) is 4. The molecule has 2 aromatic rings. The van der Waals surface area contributed by atoms with Crippen LogP contribution in [0.1, 0.15) is 263 Å². The van der Waals surface area contributed by atoms with Gasteiger partial charge < -0.3 is 125 Å². The summed E-state index contributed by atoms with van der Waals surface area (Å²) in [6.45, 7) is -0.557. The van der Waals surface area contributed by atoms with E-state index in [1.807, 2.05) is 0 Å². The number of fused-ring (bicyclic) bond motifs is 1. The van der Waals surface area contributed by atoms with Gasteiger partial charge in [-0.2, -0.15) is 0 Å². The zero-order chi connectivity index (χ0) is 108. The predicted octanol–water partition coefficient (Wildman–Crippen LogP) is 1.24. The first-order valence-corrected chi connectivity index (χ1v) is 51.8. The number of primary amides is 1. The molecule has 818 valence electrons. The third kappa shape index (κ3) is 46.6. The average Bonchev–Trinajstić information content (AvgIpc) is 1.76. The number of ketones is 1. The Morgan fingerprint density at radius 2 is 1.08 bits per heavy atom. The number of aromatic amines is 1. The van der Waals surface area contributed by atoms with Gasteiger partial charge in [-0.3, -0.25) is 116 Å². The highest BCUT2D eigenvalue weighted by atomic mass is 16.5. The monoisotopic (exact) mass is 2080 g/mol. The summed E-state index contributed by atoms with van der Waals surface area (Å²) in [5.74, 6) is -17.7. The molecule has 15 amide bonds. The molecule has 148 heavy (non-hydrogen) atoms. The van der Waals surface area contributed by atoms with Crippen molar-refractivity contribution in [3.8, 4) is 0 Å². The normalized spacial score (nSPS) is 19.4. The van der Waals surface area contributed by atoms with Crippen LogP contribution in [0, 0.1) is 5.41 Å². The summed E-state index contributed by atoms with van der Waals surface area (Å²) in [5.41, 5.74) is 13.3. The number of ether oxygens (including phenoxy) is 2. The highest BCUT2D eigenvalue weighted by Gasteiger charge is 2.46. The van der Waals surface area contributed by atoms with Crippen molar-refractivity contribution in [3.63, 3.8) is 0 Å². The summed E-state index contributed by atoms with van der Waals surface area (Å²) in [5, 5.41) is 80.8. The number of benzene rings is 1. The molecule has 0 radical (unpaired) electrons. The van der Waals surface area contributed by atoms with Gasteiger partial charge in [0.25, 0.3) is 0 Å². The van der Waals surface area contributed by atoms with Crippen LogP contribution in [0.25, 0.3) is 10.9 Å². The van der Waals surface area contributed by atoms with Crippen molar-refractivity contribution >= 4 is 148 Å². The van der Waals surface area contributed by atoms with Crippen LogP contribution in [0.4, 0.5) is 0 Å². The SMILES string of the molecule is CC(=O)N[C@H]1CCCCC(=O)CC[C@@H](C(=O)N2CCC[C@H]2C(=O)N2CCC[C@H]2C(=O)N[C@@H](CC2=CCC=N2)C(=O)N[C@@H](CCC(=O)O)C(=O)N[C@@H](CCCCN(CC(=O)O)CC(=O)O)C(=O)N[C@@H](CCCCNC(=O)COCCOCCNC(=O)CCCCCCCCCCCCCCCC(=O)O)C(N)=O)NC(=O)[C@H](Cc2c[nH]c3ccccc23)NC(=O)[C@H](CCCNC(=N)N)NC(=O)CNC(=O)[C@H](CC2=CCC=N2)NC1=O. The van der Waals surface area contributed by atoms with Gasteiger partial charge in [-0.25, -0.2) is 0 Å². The first kappa shape index (κ1) is 121. The van der Waals surface area contributed by atoms with Crippen LogP contribution in [0.3, 0.4) is 0 Å². The number of nitrogens with two attached hydrogens (primary N) is 2. The maximum absolute atomic E-state index is 15.7. The van der Waals surface area contributed by atoms with Crippen molar-refractivity contribution in [2.24, 2.45) is 21.5 Å². The zero-order valence-corrected chi connectivity index (χ0v) is 84.7. The molecule has 6 heterocycles. The van der Waals surface area contributed by atoms with Crippen molar-refractivity contribution in [2.75, 3.05) is 85.3 Å². The Balaban J connectivity index is 1.01. The average molecular weight is 2080 g/mol. The van der Waals surface area contributed by atoms with Gasteiger partial charge in [0.15, 0.2) is 5.96 Å². The minimum atomic E-state index is -1.80. The van der Waals surface area contributed by atoms with E-state index in [0.717, 1.165) is 62.7 Å². The molecule has 0 saturated carbocycles. The number of H-pyrrole nitrogens is 1. The lowest BCUT2D eigenvalue weighted by Crippen LogP contribution is -2.60. The van der Waals surface area contributed by atoms with Gasteiger partial charge in [0.2, 0.25) is 88.6 Å². The number of amides is 15. The highest BCUT2D eigenvalue weighted by Crippen LogP contribution is 2.29. The van der Waals surface area contributed by atoms with Crippen molar-refractivity contribution in [2.45, 2.75) is 330 Å². The molecular formula is C100H152N22O26. The van der Waals surface area contributed by atoms with Crippen LogP contribution >= 0.6 is 0 Å². The number of likely N-dealkylation sites (tertiary alicyclic amines) is 2. The van der Waals surface area contributed by atoms with Crippen LogP contribution in [0.15, 0.2) is 64.0 Å². The summed E-state index contributed by atoms with van der Waals surface area (Å²) in [7, 11) is 0. The van der Waals surface area contributed by atoms with E-state index in [4.69, 9.17) is 31.5 Å². The summed E-state index contributed by atoms with van der Waals surface area (Å²) in [4.78, 5) is 290. The number of rotatable bonds is 63. The van der Waals surface area contributed by atoms with Gasteiger partial charge >= 0.3 is 23.9 Å². The van der Waals surface area contributed by atoms with E-state index >= 15 is 24.0 Å². The minimum Gasteiger partial charge on any atom is -0.481 e. The second-order valence-electron chi connectivity index (χ2n) is 37.8. The summed E-state index contributed by atoms with van der Waals surface area (Å²) < 4.78 is 11.0. The number of carboxylic acids is 4. The topological polar surface area (TPSA) is 723 Å². The molecule has 1 aromatic heterocycles. The maximum Gasteiger partial charge on any atom is 0.317 e. The maximum atomic E-state index is 15.7. The van der Waals surface area contributed by atoms with Crippen molar-refractivity contribution in [1.29, 1.82) is 5.41 Å². The number of aromatic nitrogens is 1. The molecule has 11 atom stereocenters. The van der Waals surface area contributed by atoms with E-state index in [9.17, 15) is 87.2 Å². The number of hydrogen-bond acceptors (Lipinski definition) is 26. The van der Waals surface area contributed by atoms with Crippen LogP contribution in [-0.4, -0.2) is 329 Å². The van der Waals surface area contributed by atoms with Gasteiger partial charge in [0.05, 0.1) is 39.5 Å². The number of carbonyl (C=O) groups excluding carboxylic acids is 16. The first-order chi connectivity index (χ1) is 71.0. The number of aliphatic carboxylic acids is 4. The summed E-state index contributed by atoms with van der Waals surface area (Å²) in [6, 6.07) is -9.19. The lowest BCUT2D eigenvalue weighted by molar-refractivity contribution is -0.148. The fourth-order valence-corrected chi connectivity index (χ4v) is 18.1. The van der Waals surface area contributed by atoms with Gasteiger partial charge in [0.1, 0.15) is 78.9 Å². The van der Waals surface area contributed by atoms with Crippen LogP contribution < -0.4 is 80.6 Å². The van der Waals surface area contributed by atoms with Gasteiger partial charge in [-0.05, 0) is 134 Å². The molecule has 0 aliphatic carbocycles. The first-order valence-electron chi connectivity index (χ1n) is 51.8. The number of nitrogens with zero attached hydrogens (tertiary/aromatic N) is 5. The minimum absolute atomic E-state index is 0.0113. The molecule has 0 unspecified atom stereocenters. The number of nitrogens with one attached hydrogen (secondary N) is 15. The van der Waals surface area contributed by atoms with E-state index in [-0.39, 0.29) is 206 Å². The van der Waals surface area contributed by atoms with E-state index < -0.39 is 217 Å². The molecule has 23 N–H and O–H groups in total. The number of aliphatic imine (C=N–C) groups is 2. The second-order valence-corrected chi connectivity index (χ2v) is 37.8. The number of unbranched alkanes of at least 4 members (excludes halogenated alkanes) is 14. The predicted molar refractivity (Wildman–Crippen MR) is 541 cm³/mol. The van der Waals surface area contributed by atoms with Gasteiger partial charge in [-0.15, -0.1) is 0 Å². The van der Waals surface area contributed by atoms with Crippen molar-refractivity contribution < 1.29 is 126 Å². The number of para-hydroxylation sites is 1. The number of allylic oxidation sites excluding steroid dienone is 2. The Morgan fingerprint density at radius 3 is 1.72 bits per heavy atom. The molecule has 1 aromatic carbocycles. The Kier molecular flexibility index (Phi) is 55.1. The fraction of sp³-hybridized carbons (Fsp3) is 0.650. The van der Waals surface area contributed by atoms with Crippen molar-refractivity contribution in [3.05, 3.63) is 59.6 Å². The molecule has 5 aliphatic rings. The van der Waals surface area contributed by atoms with E-state index in [1.165, 1.54) is 48.6 Å². The Morgan fingerprint density at radius 1 is 0.514 bits per heavy atom. The molecule has 48 nitrogen and oxygen atoms in total. The third-order valence-corrected chi connectivity index (χ3v) is 25.9. The molecule has 3 saturated heterocycles. The second kappa shape index (κ2) is 67.2. The molecular weight excluding hydrogens is 1930 g/mol. The lowest BCUT2D eigenvalue weighted by atomic mass is 10.00. The summed E-state index contributed by atoms with van der Waals surface area (Å²) >= 11 is 0. The smallest absolute Gasteiger partial charge is 0.317 e. The third-order valence-electron chi connectivity index (χ3n) is 25.9. The van der Waals surface area contributed by atoms with Crippen molar-refractivity contribution in [1.82, 2.24) is 88.8 Å². The number of carbonyl (C=O) groups is 20. The van der Waals surface area contributed by atoms with Crippen LogP contribution in [0.5, 0.6) is 0 Å². The molecule has 0 spiro atoms. The summed E-state index contributed by atoms with van der Waals surface area (Å²) in [6.07, 6.45) is 21.2. The Bertz CT molecular complexity index is 4930. The zero-order valence-electron chi connectivity index (χ0n) is 84.7. The largest absolute Gasteiger partial charge is 0.481 e. The molecule has 3 fully saturated rings. The lowest BCUT2D eigenvalue weighted by Gasteiger charge is -2.34.